The number of nitrogens with zero attached hydrogens (tertiary/aromatic N) is 1. The van der Waals surface area contributed by atoms with Gasteiger partial charge in [-0.1, -0.05) is 6.92 Å². The van der Waals surface area contributed by atoms with Crippen LogP contribution in [0.2, 0.25) is 0 Å². The SMILES string of the molecule is CCN(CC12CC3CC(CC(C3)C1)C2)C(C)(C)C. The normalized spacial score (nSPS) is 42.8. The van der Waals surface area contributed by atoms with Gasteiger partial charge in [-0.2, -0.15) is 0 Å². The molecule has 4 rings (SSSR count). The van der Waals surface area contributed by atoms with Gasteiger partial charge in [0, 0.05) is 12.1 Å². The molecule has 0 saturated heterocycles. The van der Waals surface area contributed by atoms with Gasteiger partial charge in [0.1, 0.15) is 0 Å². The maximum Gasteiger partial charge on any atom is 0.0125 e. The van der Waals surface area contributed by atoms with Crippen molar-refractivity contribution in [1.82, 2.24) is 4.90 Å². The molecule has 0 aliphatic heterocycles. The molecule has 0 unspecified atom stereocenters. The van der Waals surface area contributed by atoms with Crippen molar-refractivity contribution < 1.29 is 0 Å². The fourth-order valence-electron chi connectivity index (χ4n) is 5.71. The highest BCUT2D eigenvalue weighted by molar-refractivity contribution is 5.03. The third-order valence-electron chi connectivity index (χ3n) is 6.02. The summed E-state index contributed by atoms with van der Waals surface area (Å²) >= 11 is 0. The van der Waals surface area contributed by atoms with Gasteiger partial charge in [0.2, 0.25) is 0 Å². The summed E-state index contributed by atoms with van der Waals surface area (Å²) in [7, 11) is 0. The zero-order chi connectivity index (χ0) is 13.0. The fourth-order valence-corrected chi connectivity index (χ4v) is 5.71. The maximum atomic E-state index is 2.74. The van der Waals surface area contributed by atoms with Crippen LogP contribution in [0.3, 0.4) is 0 Å². The Bertz CT molecular complexity index is 277. The lowest BCUT2D eigenvalue weighted by atomic mass is 9.49. The van der Waals surface area contributed by atoms with Gasteiger partial charge in [-0.25, -0.2) is 0 Å². The fraction of sp³-hybridized carbons (Fsp3) is 1.00. The molecule has 4 aliphatic carbocycles. The largest absolute Gasteiger partial charge is 0.298 e. The van der Waals surface area contributed by atoms with E-state index in [0.29, 0.717) is 11.0 Å². The third-order valence-corrected chi connectivity index (χ3v) is 6.02. The van der Waals surface area contributed by atoms with Gasteiger partial charge in [0.05, 0.1) is 0 Å². The maximum absolute atomic E-state index is 2.74. The highest BCUT2D eigenvalue weighted by Crippen LogP contribution is 2.60. The molecule has 18 heavy (non-hydrogen) atoms. The topological polar surface area (TPSA) is 3.24 Å². The van der Waals surface area contributed by atoms with E-state index in [4.69, 9.17) is 0 Å². The summed E-state index contributed by atoms with van der Waals surface area (Å²) in [6.45, 7) is 12.1. The molecule has 0 aromatic heterocycles. The van der Waals surface area contributed by atoms with Gasteiger partial charge >= 0.3 is 0 Å². The summed E-state index contributed by atoms with van der Waals surface area (Å²) in [6, 6.07) is 0. The Labute approximate surface area is 113 Å². The quantitative estimate of drug-likeness (QED) is 0.720. The molecule has 1 heteroatoms. The van der Waals surface area contributed by atoms with E-state index in [2.05, 4.69) is 32.6 Å². The van der Waals surface area contributed by atoms with Crippen LogP contribution in [0.4, 0.5) is 0 Å². The van der Waals surface area contributed by atoms with Gasteiger partial charge < -0.3 is 0 Å². The third kappa shape index (κ3) is 2.24. The Balaban J connectivity index is 1.75. The van der Waals surface area contributed by atoms with Crippen LogP contribution in [0.15, 0.2) is 0 Å². The molecule has 1 nitrogen and oxygen atoms in total. The van der Waals surface area contributed by atoms with E-state index in [1.165, 1.54) is 13.1 Å². The van der Waals surface area contributed by atoms with E-state index in [1.54, 1.807) is 38.5 Å². The van der Waals surface area contributed by atoms with Gasteiger partial charge in [-0.3, -0.25) is 4.90 Å². The average Bonchev–Trinajstić information content (AvgIpc) is 2.22. The second kappa shape index (κ2) is 4.23. The van der Waals surface area contributed by atoms with Crippen LogP contribution >= 0.6 is 0 Å². The summed E-state index contributed by atoms with van der Waals surface area (Å²) in [4.78, 5) is 2.74. The molecular weight excluding hydrogens is 218 g/mol. The van der Waals surface area contributed by atoms with Gasteiger partial charge in [0.25, 0.3) is 0 Å². The van der Waals surface area contributed by atoms with Crippen molar-refractivity contribution in [2.24, 2.45) is 23.2 Å². The molecule has 0 atom stereocenters. The molecule has 0 aromatic carbocycles. The predicted octanol–water partition coefficient (Wildman–Crippen LogP) is 4.32. The minimum atomic E-state index is 0.345. The van der Waals surface area contributed by atoms with E-state index in [-0.39, 0.29) is 0 Å². The minimum Gasteiger partial charge on any atom is -0.298 e. The molecule has 0 N–H and O–H groups in total. The molecule has 0 amide bonds. The van der Waals surface area contributed by atoms with Crippen LogP contribution in [0.25, 0.3) is 0 Å². The lowest BCUT2D eigenvalue weighted by Crippen LogP contribution is -2.54. The van der Waals surface area contributed by atoms with Crippen molar-refractivity contribution in [1.29, 1.82) is 0 Å². The van der Waals surface area contributed by atoms with Crippen molar-refractivity contribution in [3.8, 4) is 0 Å². The molecule has 0 aromatic rings. The molecule has 4 saturated carbocycles. The van der Waals surface area contributed by atoms with Crippen LogP contribution in [0.1, 0.15) is 66.2 Å². The lowest BCUT2D eigenvalue weighted by molar-refractivity contribution is -0.0796. The first-order valence-electron chi connectivity index (χ1n) is 8.15. The zero-order valence-electron chi connectivity index (χ0n) is 12.8. The molecule has 104 valence electrons. The van der Waals surface area contributed by atoms with E-state index < -0.39 is 0 Å². The Hall–Kier alpha value is -0.0400. The Kier molecular flexibility index (Phi) is 3.05. The second-order valence-electron chi connectivity index (χ2n) is 8.60. The molecule has 0 radical (unpaired) electrons. The molecule has 0 spiro atoms. The van der Waals surface area contributed by atoms with Crippen molar-refractivity contribution >= 4 is 0 Å². The highest BCUT2D eigenvalue weighted by Gasteiger charge is 2.51. The Morgan fingerprint density at radius 2 is 1.39 bits per heavy atom. The van der Waals surface area contributed by atoms with Gasteiger partial charge in [-0.05, 0) is 89.0 Å². The van der Waals surface area contributed by atoms with Crippen LogP contribution in [-0.2, 0) is 0 Å². The first kappa shape index (κ1) is 13.0. The average molecular weight is 249 g/mol. The predicted molar refractivity (Wildman–Crippen MR) is 77.6 cm³/mol. The summed E-state index contributed by atoms with van der Waals surface area (Å²) in [5, 5.41) is 0. The summed E-state index contributed by atoms with van der Waals surface area (Å²) < 4.78 is 0. The van der Waals surface area contributed by atoms with E-state index in [1.807, 2.05) is 0 Å². The van der Waals surface area contributed by atoms with Crippen molar-refractivity contribution in [3.05, 3.63) is 0 Å². The molecule has 0 heterocycles. The van der Waals surface area contributed by atoms with E-state index in [0.717, 1.165) is 17.8 Å². The zero-order valence-corrected chi connectivity index (χ0v) is 12.8. The van der Waals surface area contributed by atoms with Crippen molar-refractivity contribution in [3.63, 3.8) is 0 Å². The number of hydrogen-bond donors (Lipinski definition) is 0. The van der Waals surface area contributed by atoms with Gasteiger partial charge in [0.15, 0.2) is 0 Å². The van der Waals surface area contributed by atoms with Crippen LogP contribution in [-0.4, -0.2) is 23.5 Å². The van der Waals surface area contributed by atoms with Crippen LogP contribution < -0.4 is 0 Å². The smallest absolute Gasteiger partial charge is 0.0125 e. The molecular formula is C17H31N. The summed E-state index contributed by atoms with van der Waals surface area (Å²) in [5.41, 5.74) is 1.05. The van der Waals surface area contributed by atoms with E-state index in [9.17, 15) is 0 Å². The Morgan fingerprint density at radius 1 is 0.944 bits per heavy atom. The first-order valence-corrected chi connectivity index (χ1v) is 8.15. The summed E-state index contributed by atoms with van der Waals surface area (Å²) in [6.07, 6.45) is 9.35. The molecule has 4 aliphatic rings. The van der Waals surface area contributed by atoms with Crippen LogP contribution in [0.5, 0.6) is 0 Å². The van der Waals surface area contributed by atoms with Gasteiger partial charge in [-0.15, -0.1) is 0 Å². The minimum absolute atomic E-state index is 0.345. The highest BCUT2D eigenvalue weighted by atomic mass is 15.2. The monoisotopic (exact) mass is 249 g/mol. The van der Waals surface area contributed by atoms with E-state index >= 15 is 0 Å². The first-order chi connectivity index (χ1) is 8.40. The van der Waals surface area contributed by atoms with Crippen LogP contribution in [0, 0.1) is 23.2 Å². The number of hydrogen-bond acceptors (Lipinski definition) is 1. The second-order valence-corrected chi connectivity index (χ2v) is 8.60. The molecule has 4 bridgehead atoms. The summed E-state index contributed by atoms with van der Waals surface area (Å²) in [5.74, 6) is 3.28. The van der Waals surface area contributed by atoms with Crippen molar-refractivity contribution in [2.75, 3.05) is 13.1 Å². The standard InChI is InChI=1S/C17H31N/c1-5-18(16(2,3)4)12-17-9-13-6-14(10-17)8-15(7-13)11-17/h13-15H,5-12H2,1-4H3. The lowest BCUT2D eigenvalue weighted by Gasteiger charge is -2.58. The Morgan fingerprint density at radius 3 is 1.72 bits per heavy atom. The van der Waals surface area contributed by atoms with Crippen molar-refractivity contribution in [2.45, 2.75) is 71.8 Å². The molecule has 4 fully saturated rings. The number of rotatable bonds is 3.